The van der Waals surface area contributed by atoms with Crippen LogP contribution in [0.2, 0.25) is 0 Å². The zero-order valence-electron chi connectivity index (χ0n) is 14.2. The molecule has 0 spiro atoms. The minimum atomic E-state index is -0.942. The number of carboxylic acid groups (broad SMARTS) is 1. The third-order valence-corrected chi connectivity index (χ3v) is 4.16. The van der Waals surface area contributed by atoms with Crippen LogP contribution in [0, 0.1) is 20.8 Å². The summed E-state index contributed by atoms with van der Waals surface area (Å²) in [6, 6.07) is 12.0. The molecule has 1 atom stereocenters. The summed E-state index contributed by atoms with van der Waals surface area (Å²) >= 11 is 0. The van der Waals surface area contributed by atoms with Crippen LogP contribution < -0.4 is 4.74 Å². The fourth-order valence-corrected chi connectivity index (χ4v) is 2.58. The van der Waals surface area contributed by atoms with Gasteiger partial charge in [-0.05, 0) is 61.1 Å². The molecule has 0 saturated heterocycles. The van der Waals surface area contributed by atoms with Crippen molar-refractivity contribution in [3.8, 4) is 5.75 Å². The Bertz CT molecular complexity index is 687. The van der Waals surface area contributed by atoms with Crippen molar-refractivity contribution in [3.63, 3.8) is 0 Å². The summed E-state index contributed by atoms with van der Waals surface area (Å²) in [6.45, 7) is 8.05. The number of aryl methyl sites for hydroxylation is 3. The van der Waals surface area contributed by atoms with Crippen molar-refractivity contribution in [1.82, 2.24) is 0 Å². The molecule has 0 aliphatic rings. The van der Waals surface area contributed by atoms with E-state index in [-0.39, 0.29) is 0 Å². The van der Waals surface area contributed by atoms with Gasteiger partial charge in [0.05, 0.1) is 0 Å². The van der Waals surface area contributed by atoms with E-state index in [9.17, 15) is 9.90 Å². The van der Waals surface area contributed by atoms with Crippen molar-refractivity contribution >= 4 is 5.97 Å². The lowest BCUT2D eigenvalue weighted by atomic mass is 10.0. The first kappa shape index (κ1) is 17.1. The van der Waals surface area contributed by atoms with Crippen LogP contribution >= 0.6 is 0 Å². The molecule has 1 N–H and O–H groups in total. The minimum Gasteiger partial charge on any atom is -0.478 e. The molecule has 3 nitrogen and oxygen atoms in total. The van der Waals surface area contributed by atoms with Gasteiger partial charge in [0.15, 0.2) is 6.10 Å². The molecule has 2 aromatic carbocycles. The number of carbonyl (C=O) groups is 1. The molecule has 23 heavy (non-hydrogen) atoms. The number of rotatable bonds is 6. The molecule has 0 saturated carbocycles. The number of hydrogen-bond donors (Lipinski definition) is 1. The summed E-state index contributed by atoms with van der Waals surface area (Å²) in [7, 11) is 0. The highest BCUT2D eigenvalue weighted by atomic mass is 16.5. The summed E-state index contributed by atoms with van der Waals surface area (Å²) in [5, 5.41) is 9.50. The highest BCUT2D eigenvalue weighted by Gasteiger charge is 2.21. The summed E-state index contributed by atoms with van der Waals surface area (Å²) in [6.07, 6.45) is 0.439. The molecule has 122 valence electrons. The van der Waals surface area contributed by atoms with Crippen LogP contribution in [0.1, 0.15) is 34.7 Å². The molecule has 0 amide bonds. The fraction of sp³-hybridized carbons (Fsp3) is 0.350. The average molecular weight is 312 g/mol. The van der Waals surface area contributed by atoms with Gasteiger partial charge >= 0.3 is 5.97 Å². The summed E-state index contributed by atoms with van der Waals surface area (Å²) in [5.41, 5.74) is 5.38. The monoisotopic (exact) mass is 312 g/mol. The molecule has 2 rings (SSSR count). The first-order valence-corrected chi connectivity index (χ1v) is 7.95. The zero-order valence-corrected chi connectivity index (χ0v) is 14.2. The van der Waals surface area contributed by atoms with Gasteiger partial charge in [-0.2, -0.15) is 0 Å². The van der Waals surface area contributed by atoms with Crippen LogP contribution in [0.15, 0.2) is 36.4 Å². The second-order valence-electron chi connectivity index (χ2n) is 6.02. The van der Waals surface area contributed by atoms with Gasteiger partial charge in [-0.25, -0.2) is 4.79 Å². The predicted molar refractivity (Wildman–Crippen MR) is 92.2 cm³/mol. The molecular formula is C20H24O3. The molecular weight excluding hydrogens is 288 g/mol. The van der Waals surface area contributed by atoms with Crippen molar-refractivity contribution in [2.45, 2.75) is 46.6 Å². The highest BCUT2D eigenvalue weighted by molar-refractivity contribution is 5.73. The Hall–Kier alpha value is -2.29. The van der Waals surface area contributed by atoms with Crippen molar-refractivity contribution in [2.24, 2.45) is 0 Å². The first-order chi connectivity index (χ1) is 10.9. The lowest BCUT2D eigenvalue weighted by Gasteiger charge is -2.18. The Morgan fingerprint density at radius 2 is 1.70 bits per heavy atom. The SMILES string of the molecule is CCc1ccc(CC(Oc2cc(C)cc(C)c2C)C(=O)O)cc1. The van der Waals surface area contributed by atoms with Crippen molar-refractivity contribution in [1.29, 1.82) is 0 Å². The lowest BCUT2D eigenvalue weighted by Crippen LogP contribution is -2.29. The van der Waals surface area contributed by atoms with Gasteiger partial charge in [-0.3, -0.25) is 0 Å². The normalized spacial score (nSPS) is 12.0. The Labute approximate surface area is 137 Å². The predicted octanol–water partition coefficient (Wildman–Crippen LogP) is 4.25. The van der Waals surface area contributed by atoms with Crippen LogP contribution in [-0.2, 0) is 17.6 Å². The molecule has 0 radical (unpaired) electrons. The summed E-state index contributed by atoms with van der Waals surface area (Å²) in [5.74, 6) is -0.289. The van der Waals surface area contributed by atoms with E-state index in [1.807, 2.05) is 51.1 Å². The molecule has 0 bridgehead atoms. The van der Waals surface area contributed by atoms with Crippen molar-refractivity contribution in [2.75, 3.05) is 0 Å². The van der Waals surface area contributed by atoms with Crippen LogP contribution in [0.3, 0.4) is 0 Å². The van der Waals surface area contributed by atoms with Crippen LogP contribution in [0.4, 0.5) is 0 Å². The average Bonchev–Trinajstić information content (AvgIpc) is 2.52. The standard InChI is InChI=1S/C20H24O3/c1-5-16-6-8-17(9-7-16)12-19(20(21)22)23-18-11-13(2)10-14(3)15(18)4/h6-11,19H,5,12H2,1-4H3,(H,21,22). The highest BCUT2D eigenvalue weighted by Crippen LogP contribution is 2.25. The quantitative estimate of drug-likeness (QED) is 0.867. The summed E-state index contributed by atoms with van der Waals surface area (Å²) < 4.78 is 5.83. The second-order valence-corrected chi connectivity index (χ2v) is 6.02. The van der Waals surface area contributed by atoms with Gasteiger partial charge in [0.25, 0.3) is 0 Å². The molecule has 0 aromatic heterocycles. The van der Waals surface area contributed by atoms with E-state index in [0.29, 0.717) is 12.2 Å². The van der Waals surface area contributed by atoms with E-state index in [4.69, 9.17) is 4.74 Å². The third-order valence-electron chi connectivity index (χ3n) is 4.16. The molecule has 0 aliphatic carbocycles. The van der Waals surface area contributed by atoms with Gasteiger partial charge in [0, 0.05) is 6.42 Å². The van der Waals surface area contributed by atoms with Gasteiger partial charge in [-0.1, -0.05) is 37.3 Å². The van der Waals surface area contributed by atoms with Crippen LogP contribution in [-0.4, -0.2) is 17.2 Å². The molecule has 0 fully saturated rings. The van der Waals surface area contributed by atoms with E-state index >= 15 is 0 Å². The maximum atomic E-state index is 11.6. The minimum absolute atomic E-state index is 0.353. The first-order valence-electron chi connectivity index (χ1n) is 7.95. The Morgan fingerprint density at radius 3 is 2.26 bits per heavy atom. The molecule has 0 aliphatic heterocycles. The molecule has 2 aromatic rings. The van der Waals surface area contributed by atoms with Crippen LogP contribution in [0.25, 0.3) is 0 Å². The number of aliphatic carboxylic acids is 1. The van der Waals surface area contributed by atoms with E-state index in [1.54, 1.807) is 0 Å². The molecule has 3 heteroatoms. The van der Waals surface area contributed by atoms with Gasteiger partial charge < -0.3 is 9.84 Å². The number of ether oxygens (including phenoxy) is 1. The third kappa shape index (κ3) is 4.35. The Balaban J connectivity index is 2.20. The maximum Gasteiger partial charge on any atom is 0.345 e. The maximum absolute atomic E-state index is 11.6. The Morgan fingerprint density at radius 1 is 1.09 bits per heavy atom. The number of carboxylic acids is 1. The van der Waals surface area contributed by atoms with E-state index in [0.717, 1.165) is 28.7 Å². The topological polar surface area (TPSA) is 46.5 Å². The number of hydrogen-bond acceptors (Lipinski definition) is 2. The second kappa shape index (κ2) is 7.32. The Kier molecular flexibility index (Phi) is 5.43. The van der Waals surface area contributed by atoms with E-state index in [2.05, 4.69) is 13.0 Å². The van der Waals surface area contributed by atoms with Gasteiger partial charge in [0.1, 0.15) is 5.75 Å². The fourth-order valence-electron chi connectivity index (χ4n) is 2.58. The van der Waals surface area contributed by atoms with Crippen molar-refractivity contribution < 1.29 is 14.6 Å². The smallest absolute Gasteiger partial charge is 0.345 e. The van der Waals surface area contributed by atoms with E-state index < -0.39 is 12.1 Å². The van der Waals surface area contributed by atoms with Gasteiger partial charge in [0.2, 0.25) is 0 Å². The van der Waals surface area contributed by atoms with Gasteiger partial charge in [-0.15, -0.1) is 0 Å². The lowest BCUT2D eigenvalue weighted by molar-refractivity contribution is -0.145. The van der Waals surface area contributed by atoms with Crippen molar-refractivity contribution in [3.05, 3.63) is 64.2 Å². The van der Waals surface area contributed by atoms with E-state index in [1.165, 1.54) is 5.56 Å². The number of benzene rings is 2. The summed E-state index contributed by atoms with van der Waals surface area (Å²) in [4.78, 5) is 11.6. The molecule has 0 heterocycles. The zero-order chi connectivity index (χ0) is 17.0. The largest absolute Gasteiger partial charge is 0.478 e. The van der Waals surface area contributed by atoms with Crippen LogP contribution in [0.5, 0.6) is 5.75 Å². The molecule has 1 unspecified atom stereocenters.